The van der Waals surface area contributed by atoms with E-state index in [2.05, 4.69) is 12.2 Å². The van der Waals surface area contributed by atoms with Crippen molar-refractivity contribution in [3.63, 3.8) is 0 Å². The fourth-order valence-corrected chi connectivity index (χ4v) is 2.60. The van der Waals surface area contributed by atoms with E-state index in [0.717, 1.165) is 24.2 Å². The first-order chi connectivity index (χ1) is 13.1. The molecule has 0 fully saturated rings. The first kappa shape index (κ1) is 20.6. The maximum atomic E-state index is 12.3. The van der Waals surface area contributed by atoms with Gasteiger partial charge in [-0.25, -0.2) is 0 Å². The third kappa shape index (κ3) is 5.93. The van der Waals surface area contributed by atoms with Crippen LogP contribution in [0.4, 0.5) is 5.69 Å². The summed E-state index contributed by atoms with van der Waals surface area (Å²) in [7, 11) is 3.02. The molecule has 6 heteroatoms. The first-order valence-corrected chi connectivity index (χ1v) is 9.09. The molecule has 27 heavy (non-hydrogen) atoms. The number of carbonyl (C=O) groups excluding carboxylic acids is 1. The van der Waals surface area contributed by atoms with Gasteiger partial charge in [0.25, 0.3) is 0 Å². The molecule has 0 saturated heterocycles. The van der Waals surface area contributed by atoms with E-state index in [-0.39, 0.29) is 5.91 Å². The SMILES string of the molecule is CCCCOc1ccccc1/C=C/C(=O)Nc1cc(OC)c(Cl)cc1OC. The van der Waals surface area contributed by atoms with E-state index in [1.54, 1.807) is 18.2 Å². The maximum absolute atomic E-state index is 12.3. The van der Waals surface area contributed by atoms with Crippen LogP contribution in [0, 0.1) is 0 Å². The number of anilines is 1. The molecule has 1 amide bonds. The Morgan fingerprint density at radius 2 is 1.85 bits per heavy atom. The van der Waals surface area contributed by atoms with E-state index in [4.69, 9.17) is 25.8 Å². The van der Waals surface area contributed by atoms with Crippen molar-refractivity contribution in [3.05, 3.63) is 53.1 Å². The van der Waals surface area contributed by atoms with E-state index in [1.807, 2.05) is 24.3 Å². The summed E-state index contributed by atoms with van der Waals surface area (Å²) < 4.78 is 16.2. The molecule has 2 rings (SSSR count). The van der Waals surface area contributed by atoms with Gasteiger partial charge in [0.15, 0.2) is 0 Å². The molecular weight excluding hydrogens is 366 g/mol. The Balaban J connectivity index is 2.12. The third-order valence-electron chi connectivity index (χ3n) is 3.82. The first-order valence-electron chi connectivity index (χ1n) is 8.71. The molecule has 144 valence electrons. The Morgan fingerprint density at radius 3 is 2.56 bits per heavy atom. The van der Waals surface area contributed by atoms with E-state index in [9.17, 15) is 4.79 Å². The zero-order valence-electron chi connectivity index (χ0n) is 15.8. The van der Waals surface area contributed by atoms with Crippen LogP contribution < -0.4 is 19.5 Å². The van der Waals surface area contributed by atoms with Crippen molar-refractivity contribution >= 4 is 29.3 Å². The number of para-hydroxylation sites is 1. The highest BCUT2D eigenvalue weighted by molar-refractivity contribution is 6.32. The number of halogens is 1. The molecule has 2 aromatic rings. The number of unbranched alkanes of at least 4 members (excludes halogenated alkanes) is 1. The molecule has 0 spiro atoms. The number of methoxy groups -OCH3 is 2. The van der Waals surface area contributed by atoms with Crippen LogP contribution in [0.25, 0.3) is 6.08 Å². The number of hydrogen-bond acceptors (Lipinski definition) is 4. The average Bonchev–Trinajstić information content (AvgIpc) is 2.68. The maximum Gasteiger partial charge on any atom is 0.248 e. The largest absolute Gasteiger partial charge is 0.495 e. The normalized spacial score (nSPS) is 10.7. The van der Waals surface area contributed by atoms with Crippen molar-refractivity contribution < 1.29 is 19.0 Å². The van der Waals surface area contributed by atoms with E-state index in [0.29, 0.717) is 28.8 Å². The van der Waals surface area contributed by atoms with Gasteiger partial charge in [0.2, 0.25) is 5.91 Å². The number of amides is 1. The molecule has 1 N–H and O–H groups in total. The second-order valence-electron chi connectivity index (χ2n) is 5.75. The van der Waals surface area contributed by atoms with Gasteiger partial charge >= 0.3 is 0 Å². The van der Waals surface area contributed by atoms with Gasteiger partial charge in [-0.3, -0.25) is 4.79 Å². The zero-order valence-corrected chi connectivity index (χ0v) is 16.5. The summed E-state index contributed by atoms with van der Waals surface area (Å²) in [5, 5.41) is 3.18. The summed E-state index contributed by atoms with van der Waals surface area (Å²) in [5.41, 5.74) is 1.31. The molecule has 0 atom stereocenters. The second kappa shape index (κ2) is 10.5. The fourth-order valence-electron chi connectivity index (χ4n) is 2.37. The van der Waals surface area contributed by atoms with Gasteiger partial charge in [-0.15, -0.1) is 0 Å². The number of nitrogens with one attached hydrogen (secondary N) is 1. The standard InChI is InChI=1S/C21H24ClNO4/c1-4-5-12-27-18-9-7-6-8-15(18)10-11-21(24)23-17-14-19(25-2)16(22)13-20(17)26-3/h6-11,13-14H,4-5,12H2,1-3H3,(H,23,24)/b11-10+. The minimum Gasteiger partial charge on any atom is -0.495 e. The van der Waals surface area contributed by atoms with Crippen LogP contribution in [0.5, 0.6) is 17.2 Å². The molecule has 0 unspecified atom stereocenters. The lowest BCUT2D eigenvalue weighted by Gasteiger charge is -2.12. The molecule has 0 radical (unpaired) electrons. The molecular formula is C21H24ClNO4. The van der Waals surface area contributed by atoms with Crippen molar-refractivity contribution in [2.45, 2.75) is 19.8 Å². The Kier molecular flexibility index (Phi) is 8.01. The van der Waals surface area contributed by atoms with E-state index < -0.39 is 0 Å². The number of rotatable bonds is 9. The molecule has 0 aliphatic carbocycles. The zero-order chi connectivity index (χ0) is 19.6. The minimum absolute atomic E-state index is 0.305. The summed E-state index contributed by atoms with van der Waals surface area (Å²) in [5.74, 6) is 1.35. The third-order valence-corrected chi connectivity index (χ3v) is 4.12. The summed E-state index contributed by atoms with van der Waals surface area (Å²) >= 11 is 6.08. The Morgan fingerprint density at radius 1 is 1.11 bits per heavy atom. The number of ether oxygens (including phenoxy) is 3. The lowest BCUT2D eigenvalue weighted by molar-refractivity contribution is -0.111. The summed E-state index contributed by atoms with van der Waals surface area (Å²) in [6.45, 7) is 2.76. The van der Waals surface area contributed by atoms with Crippen molar-refractivity contribution in [2.75, 3.05) is 26.1 Å². The van der Waals surface area contributed by atoms with Crippen molar-refractivity contribution in [3.8, 4) is 17.2 Å². The smallest absolute Gasteiger partial charge is 0.248 e. The molecule has 5 nitrogen and oxygen atoms in total. The average molecular weight is 390 g/mol. The molecule has 0 saturated carbocycles. The Bertz CT molecular complexity index is 805. The van der Waals surface area contributed by atoms with Crippen LogP contribution in [0.1, 0.15) is 25.3 Å². The Hall–Kier alpha value is -2.66. The van der Waals surface area contributed by atoms with Gasteiger partial charge in [0.1, 0.15) is 17.2 Å². The lowest BCUT2D eigenvalue weighted by atomic mass is 10.2. The van der Waals surface area contributed by atoms with Gasteiger partial charge in [-0.1, -0.05) is 43.1 Å². The van der Waals surface area contributed by atoms with Gasteiger partial charge in [-0.05, 0) is 18.6 Å². The molecule has 0 aliphatic heterocycles. The second-order valence-corrected chi connectivity index (χ2v) is 6.16. The molecule has 0 heterocycles. The van der Waals surface area contributed by atoms with Crippen molar-refractivity contribution in [2.24, 2.45) is 0 Å². The van der Waals surface area contributed by atoms with Crippen molar-refractivity contribution in [1.82, 2.24) is 0 Å². The summed E-state index contributed by atoms with van der Waals surface area (Å²) in [6.07, 6.45) is 5.21. The van der Waals surface area contributed by atoms with Crippen LogP contribution in [0.2, 0.25) is 5.02 Å². The van der Waals surface area contributed by atoms with E-state index in [1.165, 1.54) is 20.3 Å². The monoisotopic (exact) mass is 389 g/mol. The summed E-state index contributed by atoms with van der Waals surface area (Å²) in [6, 6.07) is 10.8. The highest BCUT2D eigenvalue weighted by Gasteiger charge is 2.11. The minimum atomic E-state index is -0.305. The van der Waals surface area contributed by atoms with Crippen LogP contribution in [0.3, 0.4) is 0 Å². The van der Waals surface area contributed by atoms with Crippen LogP contribution in [-0.2, 0) is 4.79 Å². The van der Waals surface area contributed by atoms with Crippen LogP contribution in [-0.4, -0.2) is 26.7 Å². The molecule has 0 aliphatic rings. The van der Waals surface area contributed by atoms with Gasteiger partial charge in [-0.2, -0.15) is 0 Å². The summed E-state index contributed by atoms with van der Waals surface area (Å²) in [4.78, 5) is 12.3. The van der Waals surface area contributed by atoms with Crippen LogP contribution in [0.15, 0.2) is 42.5 Å². The molecule has 0 aromatic heterocycles. The highest BCUT2D eigenvalue weighted by Crippen LogP contribution is 2.35. The fraction of sp³-hybridized carbons (Fsp3) is 0.286. The van der Waals surface area contributed by atoms with Crippen molar-refractivity contribution in [1.29, 1.82) is 0 Å². The quantitative estimate of drug-likeness (QED) is 0.473. The highest BCUT2D eigenvalue weighted by atomic mass is 35.5. The number of benzene rings is 2. The molecule has 0 bridgehead atoms. The van der Waals surface area contributed by atoms with Gasteiger partial charge < -0.3 is 19.5 Å². The lowest BCUT2D eigenvalue weighted by Crippen LogP contribution is -2.09. The molecule has 2 aromatic carbocycles. The topological polar surface area (TPSA) is 56.8 Å². The Labute approximate surface area is 164 Å². The van der Waals surface area contributed by atoms with Gasteiger partial charge in [0.05, 0.1) is 31.5 Å². The van der Waals surface area contributed by atoms with E-state index >= 15 is 0 Å². The van der Waals surface area contributed by atoms with Crippen LogP contribution >= 0.6 is 11.6 Å². The predicted octanol–water partition coefficient (Wildman–Crippen LogP) is 5.19. The number of hydrogen-bond donors (Lipinski definition) is 1. The number of carbonyl (C=O) groups is 1. The predicted molar refractivity (Wildman–Crippen MR) is 109 cm³/mol. The van der Waals surface area contributed by atoms with Gasteiger partial charge in [0, 0.05) is 23.8 Å².